The minimum Gasteiger partial charge on any atom is -0.508 e. The number of rotatable bonds is 4. The Kier molecular flexibility index (Phi) is 3.98. The molecule has 1 unspecified atom stereocenters. The van der Waals surface area contributed by atoms with Gasteiger partial charge in [-0.3, -0.25) is 4.79 Å². The van der Waals surface area contributed by atoms with Crippen molar-refractivity contribution in [3.8, 4) is 5.75 Å². The second kappa shape index (κ2) is 6.12. The summed E-state index contributed by atoms with van der Waals surface area (Å²) in [6, 6.07) is 5.53. The number of carbonyl (C=O) groups excluding carboxylic acids is 1. The minimum absolute atomic E-state index is 0.127. The van der Waals surface area contributed by atoms with E-state index in [1.165, 1.54) is 18.4 Å². The average Bonchev–Trinajstić information content (AvgIpc) is 3.34. The van der Waals surface area contributed by atoms with Gasteiger partial charge in [-0.25, -0.2) is 0 Å². The van der Waals surface area contributed by atoms with Crippen LogP contribution < -0.4 is 0 Å². The molecule has 0 spiro atoms. The highest BCUT2D eigenvalue weighted by molar-refractivity contribution is 6.24. The maximum absolute atomic E-state index is 12.9. The fourth-order valence-electron chi connectivity index (χ4n) is 4.05. The van der Waals surface area contributed by atoms with Gasteiger partial charge in [-0.2, -0.15) is 0 Å². The number of hydrogen-bond donors (Lipinski definition) is 1. The van der Waals surface area contributed by atoms with Gasteiger partial charge in [0.05, 0.1) is 0 Å². The highest BCUT2D eigenvalue weighted by atomic mass is 16.5. The third kappa shape index (κ3) is 3.07. The molecule has 1 saturated heterocycles. The average molecular weight is 312 g/mol. The lowest BCUT2D eigenvalue weighted by Gasteiger charge is -2.24. The van der Waals surface area contributed by atoms with E-state index in [9.17, 15) is 9.90 Å². The molecule has 2 aliphatic carbocycles. The van der Waals surface area contributed by atoms with Crippen molar-refractivity contribution in [3.05, 3.63) is 35.4 Å². The number of Topliss-reactive ketones (excluding diaryl/α,β-unsaturated/α-hetero) is 1. The van der Waals surface area contributed by atoms with E-state index < -0.39 is 0 Å². The number of aromatic hydroxyl groups is 1. The summed E-state index contributed by atoms with van der Waals surface area (Å²) in [5.41, 5.74) is 3.07. The van der Waals surface area contributed by atoms with E-state index in [0.29, 0.717) is 11.8 Å². The van der Waals surface area contributed by atoms with Crippen LogP contribution in [0.3, 0.4) is 0 Å². The van der Waals surface area contributed by atoms with E-state index in [0.717, 1.165) is 50.0 Å². The fraction of sp³-hybridized carbons (Fsp3) is 0.550. The number of carbonyl (C=O) groups is 1. The lowest BCUT2D eigenvalue weighted by molar-refractivity contribution is -0.117. The van der Waals surface area contributed by atoms with Crippen molar-refractivity contribution in [2.24, 2.45) is 11.8 Å². The molecule has 1 saturated carbocycles. The van der Waals surface area contributed by atoms with Crippen molar-refractivity contribution in [1.82, 2.24) is 0 Å². The molecule has 23 heavy (non-hydrogen) atoms. The molecular formula is C20H24O3. The molecule has 3 nitrogen and oxygen atoms in total. The van der Waals surface area contributed by atoms with Gasteiger partial charge in [0.15, 0.2) is 5.78 Å². The third-order valence-corrected chi connectivity index (χ3v) is 5.55. The highest BCUT2D eigenvalue weighted by Gasteiger charge is 2.34. The van der Waals surface area contributed by atoms with Crippen LogP contribution in [0.15, 0.2) is 24.3 Å². The zero-order valence-electron chi connectivity index (χ0n) is 13.5. The first kappa shape index (κ1) is 14.9. The van der Waals surface area contributed by atoms with Gasteiger partial charge in [0, 0.05) is 24.7 Å². The predicted octanol–water partition coefficient (Wildman–Crippen LogP) is 4.06. The van der Waals surface area contributed by atoms with Gasteiger partial charge in [-0.1, -0.05) is 12.1 Å². The van der Waals surface area contributed by atoms with E-state index in [2.05, 4.69) is 6.08 Å². The number of hydrogen-bond acceptors (Lipinski definition) is 3. The molecule has 3 aliphatic rings. The van der Waals surface area contributed by atoms with Crippen LogP contribution in [0.5, 0.6) is 5.75 Å². The van der Waals surface area contributed by atoms with Crippen molar-refractivity contribution < 1.29 is 14.6 Å². The lowest BCUT2D eigenvalue weighted by atomic mass is 9.85. The van der Waals surface area contributed by atoms with Crippen LogP contribution in [0.2, 0.25) is 0 Å². The summed E-state index contributed by atoms with van der Waals surface area (Å²) >= 11 is 0. The smallest absolute Gasteiger partial charge is 0.166 e. The van der Waals surface area contributed by atoms with Crippen molar-refractivity contribution in [2.75, 3.05) is 13.2 Å². The molecule has 0 aromatic heterocycles. The Balaban J connectivity index is 1.52. The molecule has 1 aromatic carbocycles. The first-order chi connectivity index (χ1) is 11.2. The monoisotopic (exact) mass is 312 g/mol. The maximum atomic E-state index is 12.9. The van der Waals surface area contributed by atoms with E-state index >= 15 is 0 Å². The minimum atomic E-state index is 0.127. The van der Waals surface area contributed by atoms with Gasteiger partial charge in [-0.15, -0.1) is 0 Å². The second-order valence-corrected chi connectivity index (χ2v) is 7.25. The number of phenols is 1. The van der Waals surface area contributed by atoms with Crippen LogP contribution in [-0.4, -0.2) is 24.1 Å². The summed E-state index contributed by atoms with van der Waals surface area (Å²) in [6.07, 6.45) is 8.50. The molecule has 0 amide bonds. The van der Waals surface area contributed by atoms with Crippen molar-refractivity contribution in [1.29, 1.82) is 0 Å². The molecule has 0 radical (unpaired) electrons. The van der Waals surface area contributed by atoms with E-state index in [1.807, 2.05) is 6.07 Å². The topological polar surface area (TPSA) is 46.5 Å². The summed E-state index contributed by atoms with van der Waals surface area (Å²) in [4.78, 5) is 12.9. The van der Waals surface area contributed by atoms with Crippen LogP contribution in [0.4, 0.5) is 0 Å². The SMILES string of the molecule is O=C1C(c2cc(O)ccc2C2CC2)=CCC1CC1CCOCC1. The van der Waals surface area contributed by atoms with Crippen LogP contribution >= 0.6 is 0 Å². The lowest BCUT2D eigenvalue weighted by Crippen LogP contribution is -2.21. The summed E-state index contributed by atoms with van der Waals surface area (Å²) in [5, 5.41) is 9.86. The number of allylic oxidation sites excluding steroid dienone is 2. The molecule has 1 aliphatic heterocycles. The molecule has 0 bridgehead atoms. The van der Waals surface area contributed by atoms with Gasteiger partial charge >= 0.3 is 0 Å². The zero-order valence-corrected chi connectivity index (χ0v) is 13.5. The van der Waals surface area contributed by atoms with Crippen molar-refractivity contribution in [3.63, 3.8) is 0 Å². The Hall–Kier alpha value is -1.61. The van der Waals surface area contributed by atoms with Gasteiger partial charge in [0.1, 0.15) is 5.75 Å². The number of ether oxygens (including phenoxy) is 1. The molecule has 1 aromatic rings. The molecule has 1 N–H and O–H groups in total. The Labute approximate surface area is 137 Å². The van der Waals surface area contributed by atoms with Gasteiger partial charge < -0.3 is 9.84 Å². The summed E-state index contributed by atoms with van der Waals surface area (Å²) in [6.45, 7) is 1.68. The van der Waals surface area contributed by atoms with Gasteiger partial charge in [0.2, 0.25) is 0 Å². The summed E-state index contributed by atoms with van der Waals surface area (Å²) in [7, 11) is 0. The Bertz CT molecular complexity index is 636. The predicted molar refractivity (Wildman–Crippen MR) is 89.3 cm³/mol. The summed E-state index contributed by atoms with van der Waals surface area (Å²) in [5.74, 6) is 1.86. The normalized spacial score (nSPS) is 25.7. The fourth-order valence-corrected chi connectivity index (χ4v) is 4.05. The number of ketones is 1. The standard InChI is InChI=1S/C20H24O3/c21-16-4-6-17(14-1-2-14)19(12-16)18-5-3-15(20(18)22)11-13-7-9-23-10-8-13/h4-6,12-15,21H,1-3,7-11H2. The number of phenolic OH excluding ortho intramolecular Hbond substituents is 1. The second-order valence-electron chi connectivity index (χ2n) is 7.25. The molecule has 4 rings (SSSR count). The highest BCUT2D eigenvalue weighted by Crippen LogP contribution is 2.46. The van der Waals surface area contributed by atoms with Gasteiger partial charge in [0.25, 0.3) is 0 Å². The van der Waals surface area contributed by atoms with Crippen LogP contribution in [0, 0.1) is 11.8 Å². The third-order valence-electron chi connectivity index (χ3n) is 5.55. The largest absolute Gasteiger partial charge is 0.508 e. The molecule has 3 heteroatoms. The number of benzene rings is 1. The van der Waals surface area contributed by atoms with Crippen LogP contribution in [0.1, 0.15) is 55.6 Å². The van der Waals surface area contributed by atoms with Gasteiger partial charge in [-0.05, 0) is 73.6 Å². The molecular weight excluding hydrogens is 288 g/mol. The first-order valence-corrected chi connectivity index (χ1v) is 8.88. The quantitative estimate of drug-likeness (QED) is 0.912. The zero-order chi connectivity index (χ0) is 15.8. The summed E-state index contributed by atoms with van der Waals surface area (Å²) < 4.78 is 5.42. The molecule has 1 heterocycles. The Morgan fingerprint density at radius 1 is 1.13 bits per heavy atom. The Morgan fingerprint density at radius 3 is 2.65 bits per heavy atom. The van der Waals surface area contributed by atoms with Crippen molar-refractivity contribution >= 4 is 11.4 Å². The molecule has 1 atom stereocenters. The van der Waals surface area contributed by atoms with Crippen LogP contribution in [-0.2, 0) is 9.53 Å². The van der Waals surface area contributed by atoms with Crippen molar-refractivity contribution in [2.45, 2.75) is 44.4 Å². The molecule has 122 valence electrons. The first-order valence-electron chi connectivity index (χ1n) is 8.88. The van der Waals surface area contributed by atoms with E-state index in [-0.39, 0.29) is 17.5 Å². The van der Waals surface area contributed by atoms with E-state index in [1.54, 1.807) is 12.1 Å². The van der Waals surface area contributed by atoms with E-state index in [4.69, 9.17) is 4.74 Å². The Morgan fingerprint density at radius 2 is 1.91 bits per heavy atom. The van der Waals surface area contributed by atoms with Crippen LogP contribution in [0.25, 0.3) is 5.57 Å². The maximum Gasteiger partial charge on any atom is 0.166 e. The molecule has 2 fully saturated rings.